The quantitative estimate of drug-likeness (QED) is 0.327. The summed E-state index contributed by atoms with van der Waals surface area (Å²) in [6, 6.07) is 15.1. The zero-order valence-electron chi connectivity index (χ0n) is 20.1. The number of hydrogen-bond donors (Lipinski definition) is 1. The fourth-order valence-corrected chi connectivity index (χ4v) is 3.53. The number of benzene rings is 2. The van der Waals surface area contributed by atoms with E-state index in [9.17, 15) is 9.59 Å². The van der Waals surface area contributed by atoms with Crippen molar-refractivity contribution in [3.8, 4) is 0 Å². The van der Waals surface area contributed by atoms with Gasteiger partial charge in [0.05, 0.1) is 17.6 Å². The van der Waals surface area contributed by atoms with E-state index in [1.807, 2.05) is 54.1 Å². The van der Waals surface area contributed by atoms with Crippen molar-refractivity contribution < 1.29 is 43.8 Å². The van der Waals surface area contributed by atoms with Gasteiger partial charge in [-0.05, 0) is 31.9 Å². The van der Waals surface area contributed by atoms with Crippen LogP contribution < -0.4 is 18.9 Å². The molecule has 2 heterocycles. The molecule has 0 aliphatic heterocycles. The maximum atomic E-state index is 11.8. The minimum Gasteiger partial charge on any atom is -0.870 e. The number of aryl methyl sites for hydroxylation is 2. The van der Waals surface area contributed by atoms with Crippen molar-refractivity contribution in [3.63, 3.8) is 0 Å². The van der Waals surface area contributed by atoms with Gasteiger partial charge in [-0.15, -0.1) is 0 Å². The van der Waals surface area contributed by atoms with Crippen LogP contribution in [0.5, 0.6) is 0 Å². The minimum absolute atomic E-state index is 0. The van der Waals surface area contributed by atoms with Crippen molar-refractivity contribution in [1.82, 2.24) is 19.6 Å². The number of carboxylic acids is 1. The molecule has 34 heavy (non-hydrogen) atoms. The Kier molecular flexibility index (Phi) is 11.5. The number of rotatable bonds is 7. The number of carbonyl (C=O) groups excluding carboxylic acids is 1. The summed E-state index contributed by atoms with van der Waals surface area (Å²) < 4.78 is 8.62. The molecule has 0 saturated carbocycles. The summed E-state index contributed by atoms with van der Waals surface area (Å²) in [4.78, 5) is 22.7. The first-order valence-electron chi connectivity index (χ1n) is 10.8. The second-order valence-electron chi connectivity index (χ2n) is 7.20. The van der Waals surface area contributed by atoms with E-state index in [1.165, 1.54) is 0 Å². The number of aromatic nitrogens is 4. The molecule has 0 spiro atoms. The van der Waals surface area contributed by atoms with Gasteiger partial charge in [0.1, 0.15) is 0 Å². The Morgan fingerprint density at radius 1 is 0.824 bits per heavy atom. The van der Waals surface area contributed by atoms with Gasteiger partial charge in [0.15, 0.2) is 11.4 Å². The van der Waals surface area contributed by atoms with Gasteiger partial charge in [-0.3, -0.25) is 9.36 Å². The van der Waals surface area contributed by atoms with Crippen molar-refractivity contribution in [3.05, 3.63) is 59.9 Å². The van der Waals surface area contributed by atoms with E-state index in [1.54, 1.807) is 17.7 Å². The zero-order valence-corrected chi connectivity index (χ0v) is 20.1. The van der Waals surface area contributed by atoms with Crippen molar-refractivity contribution in [2.24, 2.45) is 0 Å². The summed E-state index contributed by atoms with van der Waals surface area (Å²) in [6.07, 6.45) is 1.92. The molecule has 176 valence electrons. The van der Waals surface area contributed by atoms with Gasteiger partial charge in [-0.25, -0.2) is 9.59 Å². The first-order chi connectivity index (χ1) is 15.5. The van der Waals surface area contributed by atoms with Crippen LogP contribution in [0.15, 0.2) is 48.5 Å². The smallest absolute Gasteiger partial charge is 0.870 e. The first-order valence-corrected chi connectivity index (χ1v) is 10.8. The molecule has 0 fully saturated rings. The molecule has 0 bridgehead atoms. The van der Waals surface area contributed by atoms with E-state index in [0.29, 0.717) is 17.7 Å². The topological polar surface area (TPSA) is 129 Å². The summed E-state index contributed by atoms with van der Waals surface area (Å²) in [5.41, 5.74) is 2.42. The monoisotopic (exact) mass is 460 g/mol. The Bertz CT molecular complexity index is 1230. The van der Waals surface area contributed by atoms with Crippen molar-refractivity contribution in [1.29, 1.82) is 0 Å². The first kappa shape index (κ1) is 28.9. The van der Waals surface area contributed by atoms with E-state index >= 15 is 0 Å². The summed E-state index contributed by atoms with van der Waals surface area (Å²) in [6.45, 7) is 7.84. The van der Waals surface area contributed by atoms with Crippen molar-refractivity contribution in [2.75, 3.05) is 6.61 Å². The molecule has 0 atom stereocenters. The average molecular weight is 460 g/mol. The molecule has 0 amide bonds. The molecule has 0 saturated heterocycles. The van der Waals surface area contributed by atoms with Crippen LogP contribution in [0.4, 0.5) is 0 Å². The number of aromatic carboxylic acids is 1. The standard InChI is InChI=1S/C13H16N2O2.C11H12N2O2.Li.H2O/c1-3-9-15-11-8-6-5-7-10(11)12(14-15)13(16)17-4-2;1-2-7-13-9-6-4-3-5-8(9)10(12-13)11(14)15;;/h5-8H,3-4,9H2,1-2H3;3-6H,2,7H2,1H3,(H,14,15);;1H2/q;;+1;/p-1. The maximum Gasteiger partial charge on any atom is 1.00 e. The Hall–Kier alpha value is -3.12. The predicted molar refractivity (Wildman–Crippen MR) is 125 cm³/mol. The molecule has 9 nitrogen and oxygen atoms in total. The van der Waals surface area contributed by atoms with Crippen LogP contribution in [-0.4, -0.2) is 48.7 Å². The van der Waals surface area contributed by atoms with Crippen LogP contribution in [0.3, 0.4) is 0 Å². The van der Waals surface area contributed by atoms with Gasteiger partial charge in [-0.2, -0.15) is 10.2 Å². The van der Waals surface area contributed by atoms with Gasteiger partial charge in [0, 0.05) is 23.9 Å². The Balaban J connectivity index is 0.000000323. The molecule has 0 aliphatic carbocycles. The largest absolute Gasteiger partial charge is 1.00 e. The fraction of sp³-hybridized carbons (Fsp3) is 0.333. The molecular formula is C24H29LiN4O5. The van der Waals surface area contributed by atoms with Crippen LogP contribution in [0, 0.1) is 0 Å². The average Bonchev–Trinajstić information content (AvgIpc) is 3.35. The Morgan fingerprint density at radius 2 is 1.26 bits per heavy atom. The van der Waals surface area contributed by atoms with Gasteiger partial charge < -0.3 is 15.3 Å². The molecular weight excluding hydrogens is 431 g/mol. The van der Waals surface area contributed by atoms with Crippen LogP contribution in [0.1, 0.15) is 54.6 Å². The Morgan fingerprint density at radius 3 is 1.71 bits per heavy atom. The molecule has 2 aromatic carbocycles. The zero-order chi connectivity index (χ0) is 23.1. The third kappa shape index (κ3) is 6.26. The summed E-state index contributed by atoms with van der Waals surface area (Å²) >= 11 is 0. The second kappa shape index (κ2) is 13.6. The van der Waals surface area contributed by atoms with E-state index in [2.05, 4.69) is 17.1 Å². The molecule has 0 radical (unpaired) electrons. The molecule has 4 aromatic rings. The van der Waals surface area contributed by atoms with Crippen LogP contribution >= 0.6 is 0 Å². The summed E-state index contributed by atoms with van der Waals surface area (Å²) in [5.74, 6) is -1.32. The number of carbonyl (C=O) groups is 2. The molecule has 4 rings (SSSR count). The SMILES string of the molecule is CCCn1nc(C(=O)O)c2ccccc21.CCCn1nc(C(=O)OCC)c2ccccc21.[Li+].[OH-]. The normalized spacial score (nSPS) is 10.1. The van der Waals surface area contributed by atoms with Gasteiger partial charge >= 0.3 is 30.8 Å². The van der Waals surface area contributed by atoms with Gasteiger partial charge in [0.25, 0.3) is 0 Å². The number of nitrogens with zero attached hydrogens (tertiary/aromatic N) is 4. The number of carboxylic acid groups (broad SMARTS) is 1. The third-order valence-corrected chi connectivity index (χ3v) is 4.86. The number of ether oxygens (including phenoxy) is 1. The van der Waals surface area contributed by atoms with Crippen LogP contribution in [0.2, 0.25) is 0 Å². The van der Waals surface area contributed by atoms with Crippen molar-refractivity contribution in [2.45, 2.75) is 46.7 Å². The molecule has 2 aromatic heterocycles. The number of esters is 1. The van der Waals surface area contributed by atoms with E-state index in [4.69, 9.17) is 9.84 Å². The van der Waals surface area contributed by atoms with E-state index in [0.717, 1.165) is 42.4 Å². The van der Waals surface area contributed by atoms with Gasteiger partial charge in [-0.1, -0.05) is 50.2 Å². The molecule has 10 heteroatoms. The maximum absolute atomic E-state index is 11.8. The van der Waals surface area contributed by atoms with Crippen molar-refractivity contribution >= 4 is 33.7 Å². The third-order valence-electron chi connectivity index (χ3n) is 4.86. The molecule has 0 aliphatic rings. The summed E-state index contributed by atoms with van der Waals surface area (Å²) in [7, 11) is 0. The molecule has 0 unspecified atom stereocenters. The van der Waals surface area contributed by atoms with E-state index in [-0.39, 0.29) is 36.0 Å². The number of hydrogen-bond acceptors (Lipinski definition) is 6. The minimum atomic E-state index is -0.971. The van der Waals surface area contributed by atoms with Crippen LogP contribution in [-0.2, 0) is 17.8 Å². The number of fused-ring (bicyclic) bond motifs is 2. The van der Waals surface area contributed by atoms with E-state index < -0.39 is 5.97 Å². The summed E-state index contributed by atoms with van der Waals surface area (Å²) in [5, 5.41) is 19.0. The van der Waals surface area contributed by atoms with Gasteiger partial charge in [0.2, 0.25) is 0 Å². The van der Waals surface area contributed by atoms with Crippen LogP contribution in [0.25, 0.3) is 21.8 Å². The Labute approximate surface area is 210 Å². The predicted octanol–water partition coefficient (Wildman–Crippen LogP) is 1.59. The fourth-order valence-electron chi connectivity index (χ4n) is 3.53. The second-order valence-corrected chi connectivity index (χ2v) is 7.20. The molecule has 2 N–H and O–H groups in total. The number of para-hydroxylation sites is 2.